The average Bonchev–Trinajstić information content (AvgIpc) is 2.97. The van der Waals surface area contributed by atoms with E-state index in [9.17, 15) is 19.5 Å². The van der Waals surface area contributed by atoms with Gasteiger partial charge in [-0.25, -0.2) is 0 Å². The van der Waals surface area contributed by atoms with Crippen molar-refractivity contribution in [1.29, 1.82) is 0 Å². The number of ether oxygens (including phenoxy) is 2. The molecule has 2 rings (SSSR count). The Bertz CT molecular complexity index is 1130. The van der Waals surface area contributed by atoms with Crippen LogP contribution in [0.3, 0.4) is 0 Å². The average molecular weight is 579 g/mol. The Morgan fingerprint density at radius 2 is 1.69 bits per heavy atom. The summed E-state index contributed by atoms with van der Waals surface area (Å²) in [7, 11) is 0. The second-order valence-electron chi connectivity index (χ2n) is 11.1. The molecule has 3 N–H and O–H groups in total. The van der Waals surface area contributed by atoms with Gasteiger partial charge in [-0.15, -0.1) is 13.2 Å². The summed E-state index contributed by atoms with van der Waals surface area (Å²) in [5.74, 6) is -0.914. The summed E-state index contributed by atoms with van der Waals surface area (Å²) in [4.78, 5) is 37.9. The predicted octanol–water partition coefficient (Wildman–Crippen LogP) is 5.05. The molecule has 0 aliphatic heterocycles. The highest BCUT2D eigenvalue weighted by atomic mass is 16.5. The fourth-order valence-corrected chi connectivity index (χ4v) is 4.27. The topological polar surface area (TPSA) is 114 Å². The van der Waals surface area contributed by atoms with Gasteiger partial charge in [0.1, 0.15) is 19.0 Å². The molecule has 8 nitrogen and oxygen atoms in total. The van der Waals surface area contributed by atoms with E-state index in [1.165, 1.54) is 0 Å². The van der Waals surface area contributed by atoms with Crippen molar-refractivity contribution in [3.63, 3.8) is 0 Å². The lowest BCUT2D eigenvalue weighted by Crippen LogP contribution is -2.50. The first kappa shape index (κ1) is 34.3. The largest absolute Gasteiger partial charge is 0.489 e. The van der Waals surface area contributed by atoms with E-state index in [0.717, 1.165) is 36.1 Å². The van der Waals surface area contributed by atoms with E-state index in [2.05, 4.69) is 23.8 Å². The molecule has 8 heteroatoms. The Balaban J connectivity index is 1.83. The monoisotopic (exact) mass is 578 g/mol. The van der Waals surface area contributed by atoms with Gasteiger partial charge in [0.05, 0.1) is 24.1 Å². The van der Waals surface area contributed by atoms with Crippen LogP contribution < -0.4 is 15.4 Å². The highest BCUT2D eigenvalue weighted by Gasteiger charge is 2.28. The van der Waals surface area contributed by atoms with Gasteiger partial charge in [-0.1, -0.05) is 54.6 Å². The zero-order valence-corrected chi connectivity index (χ0v) is 25.0. The number of carbonyl (C=O) groups is 3. The first-order valence-electron chi connectivity index (χ1n) is 14.5. The number of nitrogens with one attached hydrogen (secondary N) is 2. The third-order valence-electron chi connectivity index (χ3n) is 6.59. The standard InChI is InChI=1S/C34H46N2O6/c1-5-7-8-12-16-32(39)42-25-34(3,4)36-33(40)28(13-6-2)22-31(38)35-29(23-37)21-26-17-19-30(20-18-26)41-24-27-14-10-9-11-15-27/h5-6,9-11,14-15,17-20,28-29,37H,1-2,7-8,12-13,16,21-25H2,3-4H3,(H,35,38)(H,36,40). The maximum atomic E-state index is 13.0. The number of unbranched alkanes of at least 4 members (excludes halogenated alkanes) is 2. The number of hydrogen-bond donors (Lipinski definition) is 3. The van der Waals surface area contributed by atoms with Crippen molar-refractivity contribution in [3.8, 4) is 5.75 Å². The zero-order chi connectivity index (χ0) is 30.8. The van der Waals surface area contributed by atoms with E-state index in [-0.39, 0.29) is 37.4 Å². The molecule has 0 saturated heterocycles. The normalized spacial score (nSPS) is 12.5. The van der Waals surface area contributed by atoms with Gasteiger partial charge in [-0.3, -0.25) is 14.4 Å². The minimum absolute atomic E-state index is 0.0225. The molecule has 2 atom stereocenters. The molecule has 0 aromatic heterocycles. The van der Waals surface area contributed by atoms with Crippen molar-refractivity contribution >= 4 is 17.8 Å². The van der Waals surface area contributed by atoms with E-state index < -0.39 is 17.5 Å². The smallest absolute Gasteiger partial charge is 0.305 e. The molecule has 0 bridgehead atoms. The molecule has 0 fully saturated rings. The van der Waals surface area contributed by atoms with Crippen LogP contribution in [-0.4, -0.2) is 47.7 Å². The SMILES string of the molecule is C=CCCCCC(=O)OCC(C)(C)NC(=O)C(CC=C)CC(=O)NC(CO)Cc1ccc(OCc2ccccc2)cc1. The number of esters is 1. The molecule has 2 aromatic carbocycles. The van der Waals surface area contributed by atoms with Gasteiger partial charge < -0.3 is 25.2 Å². The fraction of sp³-hybridized carbons (Fsp3) is 0.441. The van der Waals surface area contributed by atoms with Crippen molar-refractivity contribution in [2.75, 3.05) is 13.2 Å². The van der Waals surface area contributed by atoms with E-state index >= 15 is 0 Å². The molecule has 2 aromatic rings. The van der Waals surface area contributed by atoms with Crippen LogP contribution in [0, 0.1) is 5.92 Å². The van der Waals surface area contributed by atoms with Crippen LogP contribution in [0.15, 0.2) is 79.9 Å². The predicted molar refractivity (Wildman–Crippen MR) is 165 cm³/mol. The Morgan fingerprint density at radius 3 is 2.33 bits per heavy atom. The fourth-order valence-electron chi connectivity index (χ4n) is 4.27. The summed E-state index contributed by atoms with van der Waals surface area (Å²) in [6, 6.07) is 16.9. The van der Waals surface area contributed by atoms with Crippen LogP contribution in [0.5, 0.6) is 5.75 Å². The first-order chi connectivity index (χ1) is 20.2. The number of benzene rings is 2. The van der Waals surface area contributed by atoms with E-state index in [4.69, 9.17) is 9.47 Å². The lowest BCUT2D eigenvalue weighted by molar-refractivity contribution is -0.147. The van der Waals surface area contributed by atoms with Crippen LogP contribution in [0.4, 0.5) is 0 Å². The number of carbonyl (C=O) groups excluding carboxylic acids is 3. The first-order valence-corrected chi connectivity index (χ1v) is 14.5. The van der Waals surface area contributed by atoms with Crippen molar-refractivity contribution in [3.05, 3.63) is 91.0 Å². The van der Waals surface area contributed by atoms with Crippen LogP contribution in [0.25, 0.3) is 0 Å². The number of aliphatic hydroxyl groups is 1. The Kier molecular flexibility index (Phi) is 15.1. The van der Waals surface area contributed by atoms with Gasteiger partial charge in [-0.2, -0.15) is 0 Å². The molecule has 0 aliphatic carbocycles. The van der Waals surface area contributed by atoms with Crippen molar-refractivity contribution in [1.82, 2.24) is 10.6 Å². The highest BCUT2D eigenvalue weighted by molar-refractivity contribution is 5.86. The summed E-state index contributed by atoms with van der Waals surface area (Å²) in [6.45, 7) is 11.2. The zero-order valence-electron chi connectivity index (χ0n) is 25.0. The molecule has 42 heavy (non-hydrogen) atoms. The second kappa shape index (κ2) is 18.5. The maximum absolute atomic E-state index is 13.0. The Labute approximate surface area is 250 Å². The molecular weight excluding hydrogens is 532 g/mol. The van der Waals surface area contributed by atoms with Gasteiger partial charge >= 0.3 is 5.97 Å². The third-order valence-corrected chi connectivity index (χ3v) is 6.59. The third kappa shape index (κ3) is 13.6. The Hall–Kier alpha value is -3.91. The van der Waals surface area contributed by atoms with Gasteiger partial charge in [0, 0.05) is 12.8 Å². The van der Waals surface area contributed by atoms with Crippen molar-refractivity contribution in [2.24, 2.45) is 5.92 Å². The van der Waals surface area contributed by atoms with Gasteiger partial charge in [0.25, 0.3) is 0 Å². The number of aliphatic hydroxyl groups excluding tert-OH is 1. The molecule has 228 valence electrons. The lowest BCUT2D eigenvalue weighted by Gasteiger charge is -2.28. The number of allylic oxidation sites excluding steroid dienone is 2. The summed E-state index contributed by atoms with van der Waals surface area (Å²) < 4.78 is 11.2. The summed E-state index contributed by atoms with van der Waals surface area (Å²) in [5, 5.41) is 15.6. The summed E-state index contributed by atoms with van der Waals surface area (Å²) >= 11 is 0. The number of rotatable bonds is 20. The molecule has 0 radical (unpaired) electrons. The summed E-state index contributed by atoms with van der Waals surface area (Å²) in [5.41, 5.74) is 1.19. The van der Waals surface area contributed by atoms with Crippen LogP contribution in [0.1, 0.15) is 63.5 Å². The van der Waals surface area contributed by atoms with E-state index in [1.807, 2.05) is 60.7 Å². The van der Waals surface area contributed by atoms with E-state index in [0.29, 0.717) is 25.9 Å². The quantitative estimate of drug-likeness (QED) is 0.115. The number of hydrogen-bond acceptors (Lipinski definition) is 6. The Morgan fingerprint density at radius 1 is 0.976 bits per heavy atom. The summed E-state index contributed by atoms with van der Waals surface area (Å²) in [6.07, 6.45) is 6.82. The van der Waals surface area contributed by atoms with Gasteiger partial charge in [0.2, 0.25) is 11.8 Å². The van der Waals surface area contributed by atoms with Crippen molar-refractivity contribution in [2.45, 2.75) is 77.0 Å². The van der Waals surface area contributed by atoms with Crippen LogP contribution >= 0.6 is 0 Å². The molecule has 0 spiro atoms. The maximum Gasteiger partial charge on any atom is 0.305 e. The lowest BCUT2D eigenvalue weighted by atomic mass is 9.97. The van der Waals surface area contributed by atoms with Crippen molar-refractivity contribution < 1.29 is 29.0 Å². The molecule has 0 aliphatic rings. The molecule has 0 heterocycles. The molecule has 0 saturated carbocycles. The number of amides is 2. The highest BCUT2D eigenvalue weighted by Crippen LogP contribution is 2.17. The minimum atomic E-state index is -0.811. The molecule has 2 unspecified atom stereocenters. The van der Waals surface area contributed by atoms with Crippen LogP contribution in [-0.2, 0) is 32.1 Å². The molecular formula is C34H46N2O6. The molecule has 2 amide bonds. The minimum Gasteiger partial charge on any atom is -0.489 e. The van der Waals surface area contributed by atoms with E-state index in [1.54, 1.807) is 19.9 Å². The van der Waals surface area contributed by atoms with Gasteiger partial charge in [0.15, 0.2) is 0 Å². The van der Waals surface area contributed by atoms with Crippen LogP contribution in [0.2, 0.25) is 0 Å². The second-order valence-corrected chi connectivity index (χ2v) is 11.1. The van der Waals surface area contributed by atoms with Gasteiger partial charge in [-0.05, 0) is 69.2 Å².